The largest absolute Gasteiger partial charge is 0.331 e. The molecule has 0 saturated heterocycles. The Hall–Kier alpha value is -2.41. The molecule has 0 aliphatic rings. The molecule has 1 aromatic carbocycles. The molecule has 1 heterocycles. The van der Waals surface area contributed by atoms with Gasteiger partial charge in [0.2, 0.25) is 5.91 Å². The number of hydrogen-bond donors (Lipinski definition) is 2. The summed E-state index contributed by atoms with van der Waals surface area (Å²) in [5.74, 6) is -0.122. The number of benzene rings is 1. The SMILES string of the molecule is CCc1nc(CN(C)C(=O)NC(C)c2cccc(NC(C)=O)c2)cs1. The van der Waals surface area contributed by atoms with Gasteiger partial charge in [-0.1, -0.05) is 19.1 Å². The molecule has 0 aliphatic carbocycles. The minimum Gasteiger partial charge on any atom is -0.331 e. The number of hydrogen-bond acceptors (Lipinski definition) is 4. The van der Waals surface area contributed by atoms with Crippen molar-refractivity contribution in [3.8, 4) is 0 Å². The summed E-state index contributed by atoms with van der Waals surface area (Å²) in [5.41, 5.74) is 2.55. The Morgan fingerprint density at radius 3 is 2.76 bits per heavy atom. The Morgan fingerprint density at radius 1 is 1.36 bits per heavy atom. The van der Waals surface area contributed by atoms with E-state index in [1.807, 2.05) is 36.6 Å². The van der Waals surface area contributed by atoms with E-state index in [0.29, 0.717) is 12.2 Å². The molecule has 2 N–H and O–H groups in total. The second kappa shape index (κ2) is 8.62. The van der Waals surface area contributed by atoms with Crippen LogP contribution < -0.4 is 10.6 Å². The summed E-state index contributed by atoms with van der Waals surface area (Å²) in [6, 6.07) is 7.12. The molecule has 0 radical (unpaired) electrons. The molecule has 0 saturated carbocycles. The van der Waals surface area contributed by atoms with Crippen LogP contribution in [0.4, 0.5) is 10.5 Å². The van der Waals surface area contributed by atoms with Crippen molar-refractivity contribution in [2.24, 2.45) is 0 Å². The van der Waals surface area contributed by atoms with Gasteiger partial charge in [0.1, 0.15) is 0 Å². The zero-order valence-corrected chi connectivity index (χ0v) is 15.8. The first kappa shape index (κ1) is 18.9. The molecule has 1 unspecified atom stereocenters. The molecule has 25 heavy (non-hydrogen) atoms. The van der Waals surface area contributed by atoms with Gasteiger partial charge in [0.15, 0.2) is 0 Å². The van der Waals surface area contributed by atoms with Crippen LogP contribution in [0.2, 0.25) is 0 Å². The summed E-state index contributed by atoms with van der Waals surface area (Å²) in [7, 11) is 1.75. The van der Waals surface area contributed by atoms with Crippen molar-refractivity contribution in [2.45, 2.75) is 39.8 Å². The monoisotopic (exact) mass is 360 g/mol. The van der Waals surface area contributed by atoms with Crippen LogP contribution in [0.15, 0.2) is 29.6 Å². The molecule has 0 bridgehead atoms. The molecular weight excluding hydrogens is 336 g/mol. The lowest BCUT2D eigenvalue weighted by atomic mass is 10.1. The number of aryl methyl sites for hydroxylation is 1. The smallest absolute Gasteiger partial charge is 0.317 e. The normalized spacial score (nSPS) is 11.7. The molecule has 6 nitrogen and oxygen atoms in total. The van der Waals surface area contributed by atoms with Crippen LogP contribution in [0.5, 0.6) is 0 Å². The number of anilines is 1. The van der Waals surface area contributed by atoms with Crippen molar-refractivity contribution >= 4 is 29.0 Å². The van der Waals surface area contributed by atoms with Gasteiger partial charge in [-0.05, 0) is 31.0 Å². The Labute approximate surface area is 152 Å². The number of aromatic nitrogens is 1. The van der Waals surface area contributed by atoms with Crippen molar-refractivity contribution in [1.82, 2.24) is 15.2 Å². The maximum absolute atomic E-state index is 12.4. The highest BCUT2D eigenvalue weighted by Crippen LogP contribution is 2.18. The van der Waals surface area contributed by atoms with Gasteiger partial charge in [-0.3, -0.25) is 4.79 Å². The summed E-state index contributed by atoms with van der Waals surface area (Å²) in [4.78, 5) is 29.7. The average Bonchev–Trinajstić information content (AvgIpc) is 3.02. The van der Waals surface area contributed by atoms with Crippen molar-refractivity contribution < 1.29 is 9.59 Å². The third kappa shape index (κ3) is 5.56. The lowest BCUT2D eigenvalue weighted by Gasteiger charge is -2.21. The van der Waals surface area contributed by atoms with E-state index >= 15 is 0 Å². The van der Waals surface area contributed by atoms with Crippen LogP contribution in [-0.2, 0) is 17.8 Å². The lowest BCUT2D eigenvalue weighted by Crippen LogP contribution is -2.38. The van der Waals surface area contributed by atoms with E-state index in [1.54, 1.807) is 23.3 Å². The quantitative estimate of drug-likeness (QED) is 0.827. The standard InChI is InChI=1S/C18H24N4O2S/c1-5-17-21-16(11-25-17)10-22(4)18(24)19-12(2)14-7-6-8-15(9-14)20-13(3)23/h6-9,11-12H,5,10H2,1-4H3,(H,19,24)(H,20,23). The molecule has 2 aromatic rings. The fourth-order valence-corrected chi connectivity index (χ4v) is 3.10. The first-order valence-corrected chi connectivity index (χ1v) is 9.09. The topological polar surface area (TPSA) is 74.3 Å². The van der Waals surface area contributed by atoms with E-state index < -0.39 is 0 Å². The number of thiazole rings is 1. The van der Waals surface area contributed by atoms with Gasteiger partial charge in [-0.2, -0.15) is 0 Å². The molecule has 0 aliphatic heterocycles. The predicted molar refractivity (Wildman–Crippen MR) is 101 cm³/mol. The molecule has 2 rings (SSSR count). The van der Waals surface area contributed by atoms with Crippen molar-refractivity contribution in [3.63, 3.8) is 0 Å². The first-order chi connectivity index (χ1) is 11.9. The van der Waals surface area contributed by atoms with Crippen LogP contribution in [0.25, 0.3) is 0 Å². The molecule has 134 valence electrons. The maximum Gasteiger partial charge on any atom is 0.317 e. The number of urea groups is 1. The van der Waals surface area contributed by atoms with Gasteiger partial charge in [0.25, 0.3) is 0 Å². The summed E-state index contributed by atoms with van der Waals surface area (Å²) in [6.45, 7) is 5.92. The molecule has 0 spiro atoms. The average molecular weight is 360 g/mol. The Balaban J connectivity index is 1.95. The Kier molecular flexibility index (Phi) is 6.52. The third-order valence-electron chi connectivity index (χ3n) is 3.69. The summed E-state index contributed by atoms with van der Waals surface area (Å²) in [5, 5.41) is 8.78. The lowest BCUT2D eigenvalue weighted by molar-refractivity contribution is -0.114. The number of nitrogens with one attached hydrogen (secondary N) is 2. The van der Waals surface area contributed by atoms with E-state index in [1.165, 1.54) is 6.92 Å². The van der Waals surface area contributed by atoms with Crippen LogP contribution in [-0.4, -0.2) is 28.9 Å². The van der Waals surface area contributed by atoms with E-state index in [-0.39, 0.29) is 18.0 Å². The van der Waals surface area contributed by atoms with Gasteiger partial charge in [-0.15, -0.1) is 11.3 Å². The Bertz CT molecular complexity index is 744. The fourth-order valence-electron chi connectivity index (χ4n) is 2.37. The van der Waals surface area contributed by atoms with Crippen LogP contribution in [0.3, 0.4) is 0 Å². The minimum atomic E-state index is -0.176. The van der Waals surface area contributed by atoms with E-state index in [9.17, 15) is 9.59 Å². The van der Waals surface area contributed by atoms with E-state index in [0.717, 1.165) is 22.7 Å². The number of nitrogens with zero attached hydrogens (tertiary/aromatic N) is 2. The van der Waals surface area contributed by atoms with E-state index in [4.69, 9.17) is 0 Å². The first-order valence-electron chi connectivity index (χ1n) is 8.21. The number of carbonyl (C=O) groups is 2. The predicted octanol–water partition coefficient (Wildman–Crippen LogP) is 3.57. The van der Waals surface area contributed by atoms with Crippen LogP contribution in [0.1, 0.15) is 43.1 Å². The van der Waals surface area contributed by atoms with E-state index in [2.05, 4.69) is 22.5 Å². The molecule has 1 atom stereocenters. The zero-order chi connectivity index (χ0) is 18.4. The van der Waals surface area contributed by atoms with Gasteiger partial charge in [0, 0.05) is 25.0 Å². The second-order valence-electron chi connectivity index (χ2n) is 5.92. The number of rotatable bonds is 6. The fraction of sp³-hybridized carbons (Fsp3) is 0.389. The highest BCUT2D eigenvalue weighted by molar-refractivity contribution is 7.09. The molecule has 0 fully saturated rings. The number of carbonyl (C=O) groups excluding carboxylic acids is 2. The van der Waals surface area contributed by atoms with Gasteiger partial charge < -0.3 is 15.5 Å². The minimum absolute atomic E-state index is 0.122. The zero-order valence-electron chi connectivity index (χ0n) is 15.0. The molecular formula is C18H24N4O2S. The number of amides is 3. The van der Waals surface area contributed by atoms with Gasteiger partial charge in [-0.25, -0.2) is 9.78 Å². The summed E-state index contributed by atoms with van der Waals surface area (Å²) < 4.78 is 0. The molecule has 7 heteroatoms. The summed E-state index contributed by atoms with van der Waals surface area (Å²) >= 11 is 1.62. The van der Waals surface area contributed by atoms with Crippen LogP contribution >= 0.6 is 11.3 Å². The van der Waals surface area contributed by atoms with Crippen LogP contribution in [0, 0.1) is 0 Å². The molecule has 3 amide bonds. The van der Waals surface area contributed by atoms with Gasteiger partial charge >= 0.3 is 6.03 Å². The second-order valence-corrected chi connectivity index (χ2v) is 6.86. The van der Waals surface area contributed by atoms with Crippen molar-refractivity contribution in [3.05, 3.63) is 45.9 Å². The maximum atomic E-state index is 12.4. The molecule has 1 aromatic heterocycles. The van der Waals surface area contributed by atoms with Crippen molar-refractivity contribution in [2.75, 3.05) is 12.4 Å². The Morgan fingerprint density at radius 2 is 2.12 bits per heavy atom. The summed E-state index contributed by atoms with van der Waals surface area (Å²) in [6.07, 6.45) is 0.905. The van der Waals surface area contributed by atoms with Gasteiger partial charge in [0.05, 0.1) is 23.3 Å². The van der Waals surface area contributed by atoms with Crippen molar-refractivity contribution in [1.29, 1.82) is 0 Å². The highest BCUT2D eigenvalue weighted by atomic mass is 32.1. The third-order valence-corrected chi connectivity index (χ3v) is 4.74. The highest BCUT2D eigenvalue weighted by Gasteiger charge is 2.15.